The van der Waals surface area contributed by atoms with E-state index in [0.717, 1.165) is 0 Å². The number of halogens is 1. The number of thiazole rings is 1. The fourth-order valence-corrected chi connectivity index (χ4v) is 6.31. The monoisotopic (exact) mass is 409 g/mol. The minimum absolute atomic E-state index is 0.0725. The number of rotatable bonds is 3. The van der Waals surface area contributed by atoms with E-state index < -0.39 is 9.84 Å². The van der Waals surface area contributed by atoms with Crippen molar-refractivity contribution in [3.8, 4) is 10.6 Å². The Labute approximate surface area is 161 Å². The van der Waals surface area contributed by atoms with Crippen LogP contribution in [0.25, 0.3) is 10.6 Å². The molecule has 144 valence electrons. The molecule has 1 aromatic carbocycles. The summed E-state index contributed by atoms with van der Waals surface area (Å²) in [6.07, 6.45) is 2.18. The predicted molar refractivity (Wildman–Crippen MR) is 102 cm³/mol. The standard InChI is InChI=1S/C18H20FN3O3S2/c19-15-4-2-1-3-14(15)17-20-11-16(26-17)18(23)22-8-6-21(7-9-22)13-5-10-27(24,25)12-13/h1-4,11,13H,5-10,12H2. The molecule has 2 aliphatic rings. The van der Waals surface area contributed by atoms with Crippen LogP contribution in [0.4, 0.5) is 4.39 Å². The van der Waals surface area contributed by atoms with E-state index in [1.165, 1.54) is 23.6 Å². The lowest BCUT2D eigenvalue weighted by Crippen LogP contribution is -2.52. The number of piperazine rings is 1. The van der Waals surface area contributed by atoms with Gasteiger partial charge in [0.25, 0.3) is 5.91 Å². The Bertz CT molecular complexity index is 952. The van der Waals surface area contributed by atoms with Crippen molar-refractivity contribution in [3.05, 3.63) is 41.2 Å². The number of amides is 1. The van der Waals surface area contributed by atoms with Crippen LogP contribution in [0.3, 0.4) is 0 Å². The average molecular weight is 410 g/mol. The summed E-state index contributed by atoms with van der Waals surface area (Å²) in [5.41, 5.74) is 0.397. The number of benzene rings is 1. The minimum atomic E-state index is -2.90. The molecule has 3 heterocycles. The quantitative estimate of drug-likeness (QED) is 0.774. The maximum Gasteiger partial charge on any atom is 0.265 e. The smallest absolute Gasteiger partial charge is 0.265 e. The third kappa shape index (κ3) is 3.90. The molecule has 2 aliphatic heterocycles. The van der Waals surface area contributed by atoms with Gasteiger partial charge in [0, 0.05) is 37.8 Å². The average Bonchev–Trinajstić information content (AvgIpc) is 3.28. The van der Waals surface area contributed by atoms with E-state index in [-0.39, 0.29) is 29.3 Å². The summed E-state index contributed by atoms with van der Waals surface area (Å²) in [5, 5.41) is 0.492. The van der Waals surface area contributed by atoms with Crippen LogP contribution in [0.1, 0.15) is 16.1 Å². The van der Waals surface area contributed by atoms with Crippen molar-refractivity contribution in [3.63, 3.8) is 0 Å². The van der Waals surface area contributed by atoms with Gasteiger partial charge in [-0.05, 0) is 18.6 Å². The van der Waals surface area contributed by atoms with Gasteiger partial charge in [-0.1, -0.05) is 12.1 Å². The lowest BCUT2D eigenvalue weighted by Gasteiger charge is -2.37. The fourth-order valence-electron chi connectivity index (χ4n) is 3.64. The summed E-state index contributed by atoms with van der Waals surface area (Å²) in [7, 11) is -2.90. The Balaban J connectivity index is 1.40. The predicted octanol–water partition coefficient (Wildman–Crippen LogP) is 1.89. The zero-order valence-corrected chi connectivity index (χ0v) is 16.3. The molecule has 1 atom stereocenters. The molecular weight excluding hydrogens is 389 g/mol. The van der Waals surface area contributed by atoms with Gasteiger partial charge in [0.1, 0.15) is 15.7 Å². The summed E-state index contributed by atoms with van der Waals surface area (Å²) in [6.45, 7) is 2.46. The Morgan fingerprint density at radius 2 is 1.93 bits per heavy atom. The van der Waals surface area contributed by atoms with Crippen LogP contribution < -0.4 is 0 Å². The van der Waals surface area contributed by atoms with Crippen molar-refractivity contribution >= 4 is 27.1 Å². The Hall–Kier alpha value is -1.84. The van der Waals surface area contributed by atoms with Crippen LogP contribution in [-0.2, 0) is 9.84 Å². The summed E-state index contributed by atoms with van der Waals surface area (Å²) < 4.78 is 37.2. The fraction of sp³-hybridized carbons (Fsp3) is 0.444. The largest absolute Gasteiger partial charge is 0.335 e. The van der Waals surface area contributed by atoms with Crippen LogP contribution in [0, 0.1) is 5.82 Å². The lowest BCUT2D eigenvalue weighted by atomic mass is 10.2. The van der Waals surface area contributed by atoms with Gasteiger partial charge < -0.3 is 4.90 Å². The first-order valence-corrected chi connectivity index (χ1v) is 11.5. The molecule has 1 aromatic heterocycles. The van der Waals surface area contributed by atoms with Crippen LogP contribution in [-0.4, -0.2) is 72.8 Å². The maximum absolute atomic E-state index is 13.9. The first-order chi connectivity index (χ1) is 12.9. The van der Waals surface area contributed by atoms with Crippen LogP contribution in [0.15, 0.2) is 30.5 Å². The van der Waals surface area contributed by atoms with Crippen molar-refractivity contribution in [2.45, 2.75) is 12.5 Å². The molecule has 0 spiro atoms. The molecule has 0 bridgehead atoms. The molecule has 6 nitrogen and oxygen atoms in total. The Morgan fingerprint density at radius 1 is 1.19 bits per heavy atom. The third-order valence-electron chi connectivity index (χ3n) is 5.15. The van der Waals surface area contributed by atoms with Crippen molar-refractivity contribution < 1.29 is 17.6 Å². The molecule has 2 aromatic rings. The van der Waals surface area contributed by atoms with Crippen molar-refractivity contribution in [1.29, 1.82) is 0 Å². The van der Waals surface area contributed by atoms with E-state index >= 15 is 0 Å². The van der Waals surface area contributed by atoms with Gasteiger partial charge in [0.05, 0.1) is 17.7 Å². The normalized spacial score (nSPS) is 22.9. The molecule has 1 amide bonds. The molecule has 0 aliphatic carbocycles. The van der Waals surface area contributed by atoms with Crippen molar-refractivity contribution in [2.75, 3.05) is 37.7 Å². The second-order valence-corrected chi connectivity index (χ2v) is 10.2. The number of carbonyl (C=O) groups is 1. The van der Waals surface area contributed by atoms with E-state index in [9.17, 15) is 17.6 Å². The molecule has 27 heavy (non-hydrogen) atoms. The molecular formula is C18H20FN3O3S2. The highest BCUT2D eigenvalue weighted by Crippen LogP contribution is 2.28. The van der Waals surface area contributed by atoms with E-state index in [1.54, 1.807) is 23.1 Å². The maximum atomic E-state index is 13.9. The second-order valence-electron chi connectivity index (χ2n) is 6.89. The van der Waals surface area contributed by atoms with Crippen LogP contribution in [0.5, 0.6) is 0 Å². The molecule has 2 saturated heterocycles. The Kier molecular flexibility index (Phi) is 5.00. The molecule has 0 N–H and O–H groups in total. The van der Waals surface area contributed by atoms with Crippen molar-refractivity contribution in [1.82, 2.24) is 14.8 Å². The van der Waals surface area contributed by atoms with E-state index in [1.807, 2.05) is 0 Å². The number of aromatic nitrogens is 1. The number of hydrogen-bond donors (Lipinski definition) is 0. The van der Waals surface area contributed by atoms with Crippen molar-refractivity contribution in [2.24, 2.45) is 0 Å². The number of carbonyl (C=O) groups excluding carboxylic acids is 1. The van der Waals surface area contributed by atoms with E-state index in [2.05, 4.69) is 9.88 Å². The molecule has 0 radical (unpaired) electrons. The summed E-state index contributed by atoms with van der Waals surface area (Å²) in [6, 6.07) is 6.46. The van der Waals surface area contributed by atoms with Crippen LogP contribution in [0.2, 0.25) is 0 Å². The SMILES string of the molecule is O=C(c1cnc(-c2ccccc2F)s1)N1CCN(C2CCS(=O)(=O)C2)CC1. The molecule has 0 saturated carbocycles. The van der Waals surface area contributed by atoms with Gasteiger partial charge in [0.2, 0.25) is 0 Å². The van der Waals surface area contributed by atoms with Gasteiger partial charge in [-0.15, -0.1) is 11.3 Å². The van der Waals surface area contributed by atoms with Gasteiger partial charge in [-0.25, -0.2) is 17.8 Å². The first-order valence-electron chi connectivity index (χ1n) is 8.87. The molecule has 9 heteroatoms. The third-order valence-corrected chi connectivity index (χ3v) is 7.92. The van der Waals surface area contributed by atoms with Gasteiger partial charge in [-0.3, -0.25) is 9.69 Å². The molecule has 2 fully saturated rings. The zero-order chi connectivity index (χ0) is 19.0. The highest BCUT2D eigenvalue weighted by atomic mass is 32.2. The second kappa shape index (κ2) is 7.29. The summed E-state index contributed by atoms with van der Waals surface area (Å²) >= 11 is 1.19. The Morgan fingerprint density at radius 3 is 2.59 bits per heavy atom. The van der Waals surface area contributed by atoms with Crippen LogP contribution >= 0.6 is 11.3 Å². The topological polar surface area (TPSA) is 70.6 Å². The zero-order valence-electron chi connectivity index (χ0n) is 14.7. The number of sulfone groups is 1. The summed E-state index contributed by atoms with van der Waals surface area (Å²) in [5.74, 6) is 0.0259. The first kappa shape index (κ1) is 18.5. The minimum Gasteiger partial charge on any atom is -0.335 e. The highest BCUT2D eigenvalue weighted by Gasteiger charge is 2.34. The van der Waals surface area contributed by atoms with Gasteiger partial charge in [-0.2, -0.15) is 0 Å². The molecule has 1 unspecified atom stereocenters. The van der Waals surface area contributed by atoms with Gasteiger partial charge >= 0.3 is 0 Å². The highest BCUT2D eigenvalue weighted by molar-refractivity contribution is 7.91. The van der Waals surface area contributed by atoms with Gasteiger partial charge in [0.15, 0.2) is 9.84 Å². The van der Waals surface area contributed by atoms with E-state index in [0.29, 0.717) is 48.0 Å². The molecule has 4 rings (SSSR count). The number of nitrogens with zero attached hydrogens (tertiary/aromatic N) is 3. The number of hydrogen-bond acceptors (Lipinski definition) is 6. The summed E-state index contributed by atoms with van der Waals surface area (Å²) in [4.78, 5) is 21.4. The lowest BCUT2D eigenvalue weighted by molar-refractivity contribution is 0.0592. The van der Waals surface area contributed by atoms with E-state index in [4.69, 9.17) is 0 Å².